The number of carboxylic acid groups (broad SMARTS) is 1. The number of fused-ring (bicyclic) bond motifs is 1. The summed E-state index contributed by atoms with van der Waals surface area (Å²) in [6, 6.07) is 30.1. The van der Waals surface area contributed by atoms with Crippen molar-refractivity contribution in [3.05, 3.63) is 143 Å². The molecule has 0 aliphatic heterocycles. The lowest BCUT2D eigenvalue weighted by molar-refractivity contribution is -0.160. The Hall–Kier alpha value is -7.53. The number of pyridine rings is 1. The first-order valence-corrected chi connectivity index (χ1v) is 18.1. The Bertz CT molecular complexity index is 2510. The number of ether oxygens (including phenoxy) is 3. The van der Waals surface area contributed by atoms with E-state index >= 15 is 0 Å². The Labute approximate surface area is 338 Å². The van der Waals surface area contributed by atoms with Crippen LogP contribution < -0.4 is 21.1 Å². The highest BCUT2D eigenvalue weighted by Gasteiger charge is 2.49. The zero-order valence-corrected chi connectivity index (χ0v) is 32.8. The molecule has 0 saturated carbocycles. The molecule has 0 aliphatic rings. The van der Waals surface area contributed by atoms with Gasteiger partial charge in [-0.15, -0.1) is 0 Å². The molecule has 17 heteroatoms. The van der Waals surface area contributed by atoms with E-state index in [0.29, 0.717) is 44.8 Å². The van der Waals surface area contributed by atoms with Crippen LogP contribution in [0.4, 0.5) is 26.5 Å². The Balaban J connectivity index is 0.000000199. The molecule has 0 saturated heterocycles. The third kappa shape index (κ3) is 8.59. The molecule has 0 fully saturated rings. The van der Waals surface area contributed by atoms with Gasteiger partial charge in [-0.3, -0.25) is 4.90 Å². The summed E-state index contributed by atoms with van der Waals surface area (Å²) in [6.45, 7) is 3.76. The van der Waals surface area contributed by atoms with Crippen molar-refractivity contribution in [2.24, 2.45) is 0 Å². The smallest absolute Gasteiger partial charge is 0.413 e. The van der Waals surface area contributed by atoms with Gasteiger partial charge in [0, 0.05) is 37.3 Å². The zero-order valence-electron chi connectivity index (χ0n) is 32.8. The van der Waals surface area contributed by atoms with Crippen LogP contribution >= 0.6 is 0 Å². The summed E-state index contributed by atoms with van der Waals surface area (Å²) in [5.41, 5.74) is 14.9. The number of aromatic nitrogens is 7. The van der Waals surface area contributed by atoms with Gasteiger partial charge >= 0.3 is 18.1 Å². The number of carbonyl (C=O) groups excluding carboxylic acids is 1. The van der Waals surface area contributed by atoms with Crippen LogP contribution in [0.25, 0.3) is 22.6 Å². The van der Waals surface area contributed by atoms with Crippen LogP contribution in [-0.2, 0) is 26.4 Å². The minimum Gasteiger partial charge on any atom is -0.478 e. The summed E-state index contributed by atoms with van der Waals surface area (Å²) < 4.78 is 32.2. The second-order valence-corrected chi connectivity index (χ2v) is 13.1. The molecule has 0 unspecified atom stereocenters. The number of nitrogens with two attached hydrogens (primary N) is 2. The topological polar surface area (TPSA) is 220 Å². The fraction of sp³-hybridized carbons (Fsp3) is 0.190. The molecule has 5 N–H and O–H groups in total. The molecule has 0 bridgehead atoms. The highest BCUT2D eigenvalue weighted by atomic mass is 19.1. The van der Waals surface area contributed by atoms with E-state index in [1.165, 1.54) is 27.3 Å². The molecule has 59 heavy (non-hydrogen) atoms. The van der Waals surface area contributed by atoms with Crippen molar-refractivity contribution in [2.75, 3.05) is 37.6 Å². The first-order valence-electron chi connectivity index (χ1n) is 18.1. The number of amides is 1. The number of anilines is 3. The Morgan fingerprint density at radius 3 is 1.97 bits per heavy atom. The third-order valence-electron chi connectivity index (χ3n) is 9.22. The van der Waals surface area contributed by atoms with E-state index in [4.69, 9.17) is 20.9 Å². The first kappa shape index (κ1) is 41.1. The van der Waals surface area contributed by atoms with Crippen molar-refractivity contribution in [1.29, 1.82) is 0 Å². The quantitative estimate of drug-likeness (QED) is 0.138. The fourth-order valence-electron chi connectivity index (χ4n) is 6.58. The monoisotopic (exact) mass is 800 g/mol. The predicted octanol–water partition coefficient (Wildman–Crippen LogP) is 5.96. The van der Waals surface area contributed by atoms with Gasteiger partial charge in [0.05, 0.1) is 19.0 Å². The third-order valence-corrected chi connectivity index (χ3v) is 9.22. The van der Waals surface area contributed by atoms with Gasteiger partial charge in [-0.25, -0.2) is 43.6 Å². The molecule has 0 radical (unpaired) electrons. The number of methoxy groups -OCH3 is 2. The molecule has 4 heterocycles. The van der Waals surface area contributed by atoms with E-state index in [0.717, 1.165) is 4.90 Å². The summed E-state index contributed by atoms with van der Waals surface area (Å²) in [5.74, 6) is -1.41. The Kier molecular flexibility index (Phi) is 12.4. The largest absolute Gasteiger partial charge is 0.478 e. The summed E-state index contributed by atoms with van der Waals surface area (Å²) in [7, 11) is 4.16. The summed E-state index contributed by atoms with van der Waals surface area (Å²) in [6.07, 6.45) is -0.467. The number of aliphatic carboxylic acids is 1. The van der Waals surface area contributed by atoms with Crippen LogP contribution in [0.15, 0.2) is 109 Å². The SMILES string of the molecule is COC(=O)N(C)c1c(N)nc(-c2nn(Cc3ccccc3F)c3ncccc23)nc1N.COC(c1ccccc1)(c1ccccc1)[C@H](Oc1nc(C)cc(C)n1)C(=O)O. The lowest BCUT2D eigenvalue weighted by atomic mass is 9.81. The second kappa shape index (κ2) is 17.7. The van der Waals surface area contributed by atoms with Gasteiger partial charge in [0.25, 0.3) is 0 Å². The molecule has 1 amide bonds. The van der Waals surface area contributed by atoms with Crippen LogP contribution in [0.3, 0.4) is 0 Å². The van der Waals surface area contributed by atoms with E-state index in [2.05, 4.69) is 34.8 Å². The number of benzene rings is 3. The average Bonchev–Trinajstić information content (AvgIpc) is 3.60. The van der Waals surface area contributed by atoms with E-state index < -0.39 is 23.8 Å². The van der Waals surface area contributed by atoms with Crippen molar-refractivity contribution < 1.29 is 33.3 Å². The van der Waals surface area contributed by atoms with Gasteiger partial charge in [-0.05, 0) is 49.2 Å². The van der Waals surface area contributed by atoms with Gasteiger partial charge in [-0.1, -0.05) is 78.9 Å². The van der Waals surface area contributed by atoms with Gasteiger partial charge in [-0.2, -0.15) is 5.10 Å². The number of rotatable bonds is 11. The highest BCUT2D eigenvalue weighted by molar-refractivity contribution is 5.96. The molecular weight excluding hydrogens is 760 g/mol. The van der Waals surface area contributed by atoms with Crippen molar-refractivity contribution in [3.8, 4) is 17.5 Å². The van der Waals surface area contributed by atoms with Crippen LogP contribution in [0, 0.1) is 19.7 Å². The standard InChI is InChI=1S/C22H22N2O4.C20H19FN8O2/c1-15-14-16(2)24-21(23-15)28-19(20(25)26)22(27-3,17-10-6-4-7-11-17)18-12-8-5-9-13-18;1-28(20(30)31-2)15-16(22)25-18(26-17(15)23)14-12-7-5-9-24-19(12)29(27-14)10-11-6-3-4-8-13(11)21/h4-14,19H,1-3H3,(H,25,26);3-9H,10H2,1-2H3,(H4,22,23,25,26)/t19-;/m1./s1. The number of hydrogen-bond acceptors (Lipinski definition) is 13. The number of hydrogen-bond donors (Lipinski definition) is 3. The normalized spacial score (nSPS) is 11.6. The maximum absolute atomic E-state index is 14.2. The maximum atomic E-state index is 14.2. The maximum Gasteiger partial charge on any atom is 0.413 e. The summed E-state index contributed by atoms with van der Waals surface area (Å²) in [5, 5.41) is 15.3. The van der Waals surface area contributed by atoms with Crippen LogP contribution in [0.5, 0.6) is 6.01 Å². The fourth-order valence-corrected chi connectivity index (χ4v) is 6.58. The highest BCUT2D eigenvalue weighted by Crippen LogP contribution is 2.39. The van der Waals surface area contributed by atoms with Crippen LogP contribution in [0.1, 0.15) is 28.1 Å². The van der Waals surface area contributed by atoms with Gasteiger partial charge in [0.15, 0.2) is 28.7 Å². The molecule has 0 spiro atoms. The zero-order chi connectivity index (χ0) is 42.3. The molecule has 3 aromatic carbocycles. The van der Waals surface area contributed by atoms with E-state index in [1.54, 1.807) is 61.1 Å². The number of aryl methyl sites for hydroxylation is 2. The molecular formula is C42H41FN10O6. The molecule has 0 aliphatic carbocycles. The minimum absolute atomic E-state index is 0.00168. The number of halogens is 1. The summed E-state index contributed by atoms with van der Waals surface area (Å²) in [4.78, 5) is 46.7. The number of nitrogen functional groups attached to an aromatic ring is 2. The lowest BCUT2D eigenvalue weighted by Gasteiger charge is -2.37. The Morgan fingerprint density at radius 1 is 0.847 bits per heavy atom. The molecule has 16 nitrogen and oxygen atoms in total. The van der Waals surface area contributed by atoms with E-state index in [9.17, 15) is 19.1 Å². The summed E-state index contributed by atoms with van der Waals surface area (Å²) >= 11 is 0. The second-order valence-electron chi connectivity index (χ2n) is 13.1. The number of carbonyl (C=O) groups is 2. The van der Waals surface area contributed by atoms with E-state index in [1.807, 2.05) is 60.7 Å². The van der Waals surface area contributed by atoms with Crippen molar-refractivity contribution in [2.45, 2.75) is 32.1 Å². The molecule has 1 atom stereocenters. The molecule has 4 aromatic heterocycles. The first-order chi connectivity index (χ1) is 28.4. The molecule has 7 aromatic rings. The number of nitrogens with zero attached hydrogens (tertiary/aromatic N) is 8. The average molecular weight is 801 g/mol. The minimum atomic E-state index is -1.41. The van der Waals surface area contributed by atoms with Gasteiger partial charge in [0.2, 0.25) is 6.10 Å². The van der Waals surface area contributed by atoms with Gasteiger partial charge < -0.3 is 30.8 Å². The number of carboxylic acids is 1. The lowest BCUT2D eigenvalue weighted by Crippen LogP contribution is -2.50. The molecule has 302 valence electrons. The predicted molar refractivity (Wildman–Crippen MR) is 218 cm³/mol. The molecule has 7 rings (SSSR count). The van der Waals surface area contributed by atoms with E-state index in [-0.39, 0.29) is 41.5 Å². The van der Waals surface area contributed by atoms with Gasteiger partial charge in [0.1, 0.15) is 17.2 Å². The Morgan fingerprint density at radius 2 is 1.42 bits per heavy atom. The van der Waals surface area contributed by atoms with Crippen LogP contribution in [0.2, 0.25) is 0 Å². The van der Waals surface area contributed by atoms with Crippen molar-refractivity contribution in [1.82, 2.24) is 34.7 Å². The van der Waals surface area contributed by atoms with Crippen molar-refractivity contribution >= 4 is 40.4 Å². The van der Waals surface area contributed by atoms with Crippen molar-refractivity contribution in [3.63, 3.8) is 0 Å². The van der Waals surface area contributed by atoms with Crippen LogP contribution in [-0.4, -0.2) is 79.2 Å².